The molecule has 2 rings (SSSR count). The minimum atomic E-state index is -4.48. The summed E-state index contributed by atoms with van der Waals surface area (Å²) in [4.78, 5) is 17.5. The van der Waals surface area contributed by atoms with Crippen molar-refractivity contribution in [2.75, 3.05) is 18.0 Å². The fraction of sp³-hybridized carbons (Fsp3) is 0.600. The average Bonchev–Trinajstić information content (AvgIpc) is 2.94. The van der Waals surface area contributed by atoms with Crippen LogP contribution in [0.4, 0.5) is 19.0 Å². The van der Waals surface area contributed by atoms with E-state index in [0.717, 1.165) is 18.7 Å². The molecular weight excluding hydrogens is 380 g/mol. The lowest BCUT2D eigenvalue weighted by Crippen LogP contribution is -2.46. The topological polar surface area (TPSA) is 71.2 Å². The molecule has 2 atom stereocenters. The first-order chi connectivity index (χ1) is 11.2. The molecule has 1 aromatic rings. The number of nitrogens with one attached hydrogen (secondary N) is 1. The van der Waals surface area contributed by atoms with E-state index in [1.807, 2.05) is 6.92 Å². The SMILES string of the molecule is CCCC(N)C(=O)NC1CCN(c2ncc(C(F)(F)F)cc2Cl)C1.Cl. The molecule has 0 saturated carbocycles. The summed E-state index contributed by atoms with van der Waals surface area (Å²) in [7, 11) is 0. The summed E-state index contributed by atoms with van der Waals surface area (Å²) in [5.41, 5.74) is 4.88. The van der Waals surface area contributed by atoms with Crippen LogP contribution >= 0.6 is 24.0 Å². The number of nitrogens with two attached hydrogens (primary N) is 1. The lowest BCUT2D eigenvalue weighted by molar-refractivity contribution is -0.137. The molecule has 3 N–H and O–H groups in total. The first-order valence-corrected chi connectivity index (χ1v) is 8.13. The van der Waals surface area contributed by atoms with Gasteiger partial charge in [-0.3, -0.25) is 4.79 Å². The Bertz CT molecular complexity index is 601. The molecule has 2 heterocycles. The molecule has 1 aromatic heterocycles. The number of carbonyl (C=O) groups excluding carboxylic acids is 1. The quantitative estimate of drug-likeness (QED) is 0.796. The van der Waals surface area contributed by atoms with E-state index in [-0.39, 0.29) is 29.4 Å². The Morgan fingerprint density at radius 2 is 2.24 bits per heavy atom. The van der Waals surface area contributed by atoms with Crippen molar-refractivity contribution in [3.63, 3.8) is 0 Å². The minimum absolute atomic E-state index is 0. The molecule has 142 valence electrons. The van der Waals surface area contributed by atoms with Gasteiger partial charge in [-0.1, -0.05) is 24.9 Å². The molecule has 25 heavy (non-hydrogen) atoms. The largest absolute Gasteiger partial charge is 0.417 e. The van der Waals surface area contributed by atoms with Gasteiger partial charge in [0, 0.05) is 25.3 Å². The number of anilines is 1. The van der Waals surface area contributed by atoms with Crippen LogP contribution in [-0.2, 0) is 11.0 Å². The number of rotatable bonds is 5. The van der Waals surface area contributed by atoms with E-state index in [4.69, 9.17) is 17.3 Å². The lowest BCUT2D eigenvalue weighted by atomic mass is 10.1. The standard InChI is InChI=1S/C15H20ClF3N4O.ClH/c1-2-3-12(20)14(24)22-10-4-5-23(8-10)13-11(16)6-9(7-21-13)15(17,18)19;/h6-7,10,12H,2-5,8,20H2,1H3,(H,22,24);1H. The zero-order chi connectivity index (χ0) is 17.9. The molecule has 0 radical (unpaired) electrons. The predicted octanol–water partition coefficient (Wildman–Crippen LogP) is 3.00. The second kappa shape index (κ2) is 8.91. The molecule has 0 spiro atoms. The van der Waals surface area contributed by atoms with Crippen molar-refractivity contribution in [2.24, 2.45) is 5.73 Å². The minimum Gasteiger partial charge on any atom is -0.353 e. The van der Waals surface area contributed by atoms with Crippen LogP contribution in [0.2, 0.25) is 5.02 Å². The van der Waals surface area contributed by atoms with Crippen LogP contribution in [0.5, 0.6) is 0 Å². The van der Waals surface area contributed by atoms with Crippen LogP contribution in [0.25, 0.3) is 0 Å². The number of halogens is 5. The van der Waals surface area contributed by atoms with Gasteiger partial charge in [-0.2, -0.15) is 13.2 Å². The molecule has 1 aliphatic rings. The van der Waals surface area contributed by atoms with Gasteiger partial charge in [-0.25, -0.2) is 4.98 Å². The normalized spacial score (nSPS) is 18.6. The first kappa shape index (κ1) is 21.8. The molecule has 0 aromatic carbocycles. The van der Waals surface area contributed by atoms with Gasteiger partial charge in [0.25, 0.3) is 0 Å². The Balaban J connectivity index is 0.00000312. The zero-order valence-corrected chi connectivity index (χ0v) is 15.2. The van der Waals surface area contributed by atoms with Gasteiger partial charge < -0.3 is 16.0 Å². The number of hydrogen-bond donors (Lipinski definition) is 2. The fourth-order valence-corrected chi connectivity index (χ4v) is 2.93. The van der Waals surface area contributed by atoms with Gasteiger partial charge in [0.15, 0.2) is 0 Å². The molecule has 5 nitrogen and oxygen atoms in total. The maximum absolute atomic E-state index is 12.6. The average molecular weight is 401 g/mol. The molecule has 0 aliphatic carbocycles. The summed E-state index contributed by atoms with van der Waals surface area (Å²) < 4.78 is 37.9. The third-order valence-electron chi connectivity index (χ3n) is 3.92. The molecule has 10 heteroatoms. The first-order valence-electron chi connectivity index (χ1n) is 7.76. The Morgan fingerprint density at radius 3 is 2.80 bits per heavy atom. The van der Waals surface area contributed by atoms with Gasteiger partial charge >= 0.3 is 6.18 Å². The molecular formula is C15H21Cl2F3N4O. The number of nitrogens with zero attached hydrogens (tertiary/aromatic N) is 2. The molecule has 2 unspecified atom stereocenters. The lowest BCUT2D eigenvalue weighted by Gasteiger charge is -2.20. The second-order valence-corrected chi connectivity index (χ2v) is 6.27. The van der Waals surface area contributed by atoms with E-state index in [1.165, 1.54) is 0 Å². The summed E-state index contributed by atoms with van der Waals surface area (Å²) >= 11 is 5.95. The third kappa shape index (κ3) is 5.62. The summed E-state index contributed by atoms with van der Waals surface area (Å²) in [6, 6.07) is 0.199. The Kier molecular flexibility index (Phi) is 7.77. The van der Waals surface area contributed by atoms with E-state index in [0.29, 0.717) is 31.7 Å². The van der Waals surface area contributed by atoms with Crippen LogP contribution < -0.4 is 16.0 Å². The molecule has 1 fully saturated rings. The summed E-state index contributed by atoms with van der Waals surface area (Å²) in [6.45, 7) is 2.93. The van der Waals surface area contributed by atoms with Crippen LogP contribution in [0.3, 0.4) is 0 Å². The number of hydrogen-bond acceptors (Lipinski definition) is 4. The van der Waals surface area contributed by atoms with E-state index in [9.17, 15) is 18.0 Å². The maximum Gasteiger partial charge on any atom is 0.417 e. The van der Waals surface area contributed by atoms with Crippen LogP contribution in [0.1, 0.15) is 31.7 Å². The van der Waals surface area contributed by atoms with Crippen molar-refractivity contribution >= 4 is 35.7 Å². The predicted molar refractivity (Wildman–Crippen MR) is 93.1 cm³/mol. The number of amides is 1. The Hall–Kier alpha value is -1.25. The highest BCUT2D eigenvalue weighted by Gasteiger charge is 2.33. The maximum atomic E-state index is 12.6. The summed E-state index contributed by atoms with van der Waals surface area (Å²) in [6.07, 6.45) is -1.63. The highest BCUT2D eigenvalue weighted by molar-refractivity contribution is 6.33. The molecule has 1 amide bonds. The van der Waals surface area contributed by atoms with E-state index in [2.05, 4.69) is 10.3 Å². The van der Waals surface area contributed by atoms with Gasteiger partial charge in [0.2, 0.25) is 5.91 Å². The van der Waals surface area contributed by atoms with Gasteiger partial charge in [-0.15, -0.1) is 12.4 Å². The van der Waals surface area contributed by atoms with Crippen molar-refractivity contribution in [1.29, 1.82) is 0 Å². The highest BCUT2D eigenvalue weighted by Crippen LogP contribution is 2.34. The van der Waals surface area contributed by atoms with Crippen molar-refractivity contribution in [3.8, 4) is 0 Å². The number of carbonyl (C=O) groups is 1. The second-order valence-electron chi connectivity index (χ2n) is 5.86. The number of aromatic nitrogens is 1. The molecule has 1 aliphatic heterocycles. The van der Waals surface area contributed by atoms with Gasteiger partial charge in [0.1, 0.15) is 5.82 Å². The Morgan fingerprint density at radius 1 is 1.56 bits per heavy atom. The number of pyridine rings is 1. The highest BCUT2D eigenvalue weighted by atomic mass is 35.5. The van der Waals surface area contributed by atoms with Crippen LogP contribution in [0.15, 0.2) is 12.3 Å². The van der Waals surface area contributed by atoms with Gasteiger partial charge in [0.05, 0.1) is 16.6 Å². The third-order valence-corrected chi connectivity index (χ3v) is 4.20. The van der Waals surface area contributed by atoms with Crippen molar-refractivity contribution in [3.05, 3.63) is 22.8 Å². The monoisotopic (exact) mass is 400 g/mol. The van der Waals surface area contributed by atoms with Crippen LogP contribution in [-0.4, -0.2) is 36.1 Å². The van der Waals surface area contributed by atoms with Crippen LogP contribution in [0, 0.1) is 0 Å². The number of alkyl halides is 3. The molecule has 0 bridgehead atoms. The fourth-order valence-electron chi connectivity index (χ4n) is 2.64. The van der Waals surface area contributed by atoms with Crippen molar-refractivity contribution in [2.45, 2.75) is 44.4 Å². The summed E-state index contributed by atoms with van der Waals surface area (Å²) in [5.74, 6) is 0.0782. The van der Waals surface area contributed by atoms with Gasteiger partial charge in [-0.05, 0) is 18.9 Å². The van der Waals surface area contributed by atoms with E-state index < -0.39 is 17.8 Å². The van der Waals surface area contributed by atoms with E-state index in [1.54, 1.807) is 4.90 Å². The summed E-state index contributed by atoms with van der Waals surface area (Å²) in [5, 5.41) is 2.81. The zero-order valence-electron chi connectivity index (χ0n) is 13.6. The Labute approximate surface area is 155 Å². The molecule has 1 saturated heterocycles. The van der Waals surface area contributed by atoms with E-state index >= 15 is 0 Å². The van der Waals surface area contributed by atoms with Crippen molar-refractivity contribution in [1.82, 2.24) is 10.3 Å². The smallest absolute Gasteiger partial charge is 0.353 e. The van der Waals surface area contributed by atoms with Crippen molar-refractivity contribution < 1.29 is 18.0 Å².